The monoisotopic (exact) mass is 337 g/mol. The Morgan fingerprint density at radius 2 is 1.71 bits per heavy atom. The minimum absolute atomic E-state index is 0.137. The molecule has 0 amide bonds. The van der Waals surface area contributed by atoms with E-state index < -0.39 is 26.8 Å². The lowest BCUT2D eigenvalue weighted by molar-refractivity contribution is -0.137. The summed E-state index contributed by atoms with van der Waals surface area (Å²) in [6.45, 7) is 0. The van der Waals surface area contributed by atoms with Crippen LogP contribution in [0, 0.1) is 0 Å². The van der Waals surface area contributed by atoms with E-state index >= 15 is 0 Å². The molecule has 0 spiro atoms. The first-order valence-corrected chi connectivity index (χ1v) is 7.19. The van der Waals surface area contributed by atoms with Gasteiger partial charge in [-0.05, 0) is 24.3 Å². The number of rotatable bonds is 3. The third kappa shape index (κ3) is 3.85. The van der Waals surface area contributed by atoms with Gasteiger partial charge < -0.3 is 4.18 Å². The molecule has 4 nitrogen and oxygen atoms in total. The molecule has 2 aromatic rings. The third-order valence-corrected chi connectivity index (χ3v) is 3.82. The van der Waals surface area contributed by atoms with E-state index in [0.717, 1.165) is 18.3 Å². The summed E-state index contributed by atoms with van der Waals surface area (Å²) in [7, 11) is -4.26. The Morgan fingerprint density at radius 3 is 2.24 bits per heavy atom. The van der Waals surface area contributed by atoms with Crippen LogP contribution < -0.4 is 4.18 Å². The van der Waals surface area contributed by atoms with Gasteiger partial charge in [0, 0.05) is 12.3 Å². The van der Waals surface area contributed by atoms with Gasteiger partial charge >= 0.3 is 16.3 Å². The highest BCUT2D eigenvalue weighted by Crippen LogP contribution is 2.30. The highest BCUT2D eigenvalue weighted by Gasteiger charge is 2.30. The van der Waals surface area contributed by atoms with Gasteiger partial charge in [-0.25, -0.2) is 0 Å². The molecule has 0 unspecified atom stereocenters. The van der Waals surface area contributed by atoms with Crippen LogP contribution in [0.5, 0.6) is 5.75 Å². The molecule has 2 rings (SSSR count). The maximum Gasteiger partial charge on any atom is 0.416 e. The molecule has 0 aliphatic carbocycles. The van der Waals surface area contributed by atoms with Crippen molar-refractivity contribution >= 4 is 21.7 Å². The molecule has 0 bridgehead atoms. The summed E-state index contributed by atoms with van der Waals surface area (Å²) in [5, 5.41) is 0.162. The Kier molecular flexibility index (Phi) is 4.11. The average molecular weight is 338 g/mol. The van der Waals surface area contributed by atoms with Gasteiger partial charge in [0.2, 0.25) is 0 Å². The number of alkyl halides is 3. The van der Waals surface area contributed by atoms with Gasteiger partial charge in [0.1, 0.15) is 4.90 Å². The van der Waals surface area contributed by atoms with Gasteiger partial charge in [0.05, 0.1) is 16.8 Å². The van der Waals surface area contributed by atoms with Gasteiger partial charge in [-0.1, -0.05) is 11.6 Å². The average Bonchev–Trinajstić information content (AvgIpc) is 2.37. The number of halogens is 4. The zero-order valence-corrected chi connectivity index (χ0v) is 11.7. The van der Waals surface area contributed by atoms with E-state index in [1.807, 2.05) is 0 Å². The largest absolute Gasteiger partial charge is 0.416 e. The Hall–Kier alpha value is -1.80. The molecule has 21 heavy (non-hydrogen) atoms. The van der Waals surface area contributed by atoms with Crippen LogP contribution in [0.2, 0.25) is 5.02 Å². The third-order valence-electron chi connectivity index (χ3n) is 2.36. The molecule has 0 fully saturated rings. The summed E-state index contributed by atoms with van der Waals surface area (Å²) in [4.78, 5) is 3.23. The topological polar surface area (TPSA) is 56.3 Å². The molecule has 0 aliphatic heterocycles. The molecule has 1 aromatic carbocycles. The molecule has 0 saturated carbocycles. The summed E-state index contributed by atoms with van der Waals surface area (Å²) >= 11 is 5.63. The second-order valence-electron chi connectivity index (χ2n) is 3.90. The van der Waals surface area contributed by atoms with Crippen LogP contribution in [0.25, 0.3) is 0 Å². The second kappa shape index (κ2) is 5.53. The first-order valence-electron chi connectivity index (χ1n) is 5.41. The smallest absolute Gasteiger partial charge is 0.377 e. The number of pyridine rings is 1. The van der Waals surface area contributed by atoms with Crippen LogP contribution in [0.3, 0.4) is 0 Å². The van der Waals surface area contributed by atoms with Crippen LogP contribution in [0.4, 0.5) is 13.2 Å². The molecular weight excluding hydrogens is 331 g/mol. The zero-order chi connectivity index (χ0) is 15.7. The summed E-state index contributed by atoms with van der Waals surface area (Å²) < 4.78 is 65.7. The minimum atomic E-state index is -4.54. The summed E-state index contributed by atoms with van der Waals surface area (Å²) in [5.74, 6) is -0.137. The van der Waals surface area contributed by atoms with Crippen molar-refractivity contribution < 1.29 is 25.8 Å². The quantitative estimate of drug-likeness (QED) is 0.804. The molecule has 1 aromatic heterocycles. The molecule has 112 valence electrons. The Bertz CT molecular complexity index is 745. The first kappa shape index (κ1) is 15.6. The van der Waals surface area contributed by atoms with Crippen molar-refractivity contribution in [3.63, 3.8) is 0 Å². The van der Waals surface area contributed by atoms with E-state index in [-0.39, 0.29) is 10.8 Å². The van der Waals surface area contributed by atoms with Gasteiger partial charge in [0.25, 0.3) is 0 Å². The van der Waals surface area contributed by atoms with E-state index in [0.29, 0.717) is 12.1 Å². The van der Waals surface area contributed by atoms with Crippen molar-refractivity contribution in [1.82, 2.24) is 4.98 Å². The fourth-order valence-corrected chi connectivity index (χ4v) is 2.50. The van der Waals surface area contributed by atoms with Crippen molar-refractivity contribution in [1.29, 1.82) is 0 Å². The molecule has 0 atom stereocenters. The molecular formula is C12H7ClF3NO3S. The fourth-order valence-electron chi connectivity index (χ4n) is 1.42. The first-order chi connectivity index (χ1) is 9.68. The van der Waals surface area contributed by atoms with Crippen LogP contribution in [0.1, 0.15) is 5.56 Å². The maximum atomic E-state index is 12.4. The maximum absolute atomic E-state index is 12.4. The lowest BCUT2D eigenvalue weighted by atomic mass is 10.2. The Balaban J connectivity index is 2.28. The SMILES string of the molecule is O=S(=O)(Oc1cncc(Cl)c1)c1ccc(C(F)(F)F)cc1. The summed E-state index contributed by atoms with van der Waals surface area (Å²) in [6, 6.07) is 4.17. The standard InChI is InChI=1S/C12H7ClF3NO3S/c13-9-5-10(7-17-6-9)20-21(18,19)11-3-1-8(2-4-11)12(14,15)16/h1-7H. The fraction of sp³-hybridized carbons (Fsp3) is 0.0833. The van der Waals surface area contributed by atoms with Crippen molar-refractivity contribution in [2.45, 2.75) is 11.1 Å². The number of benzene rings is 1. The number of aromatic nitrogens is 1. The molecule has 0 N–H and O–H groups in total. The van der Waals surface area contributed by atoms with Crippen molar-refractivity contribution in [2.24, 2.45) is 0 Å². The molecule has 9 heteroatoms. The second-order valence-corrected chi connectivity index (χ2v) is 5.88. The van der Waals surface area contributed by atoms with Gasteiger partial charge in [0.15, 0.2) is 5.75 Å². The normalized spacial score (nSPS) is 12.2. The molecule has 1 heterocycles. The van der Waals surface area contributed by atoms with Crippen molar-refractivity contribution in [2.75, 3.05) is 0 Å². The molecule has 0 aliphatic rings. The lowest BCUT2D eigenvalue weighted by Gasteiger charge is -2.09. The molecule has 0 saturated heterocycles. The predicted molar refractivity (Wildman–Crippen MR) is 68.5 cm³/mol. The van der Waals surface area contributed by atoms with Crippen LogP contribution in [-0.2, 0) is 16.3 Å². The van der Waals surface area contributed by atoms with E-state index in [1.54, 1.807) is 0 Å². The Labute approximate surface area is 123 Å². The van der Waals surface area contributed by atoms with E-state index in [1.165, 1.54) is 12.3 Å². The van der Waals surface area contributed by atoms with E-state index in [2.05, 4.69) is 4.98 Å². The van der Waals surface area contributed by atoms with E-state index in [4.69, 9.17) is 15.8 Å². The number of hydrogen-bond donors (Lipinski definition) is 0. The van der Waals surface area contributed by atoms with Gasteiger partial charge in [-0.3, -0.25) is 4.98 Å². The summed E-state index contributed by atoms with van der Waals surface area (Å²) in [6.07, 6.45) is -2.15. The zero-order valence-electron chi connectivity index (χ0n) is 10.1. The number of nitrogens with zero attached hydrogens (tertiary/aromatic N) is 1. The van der Waals surface area contributed by atoms with Crippen LogP contribution in [0.15, 0.2) is 47.6 Å². The van der Waals surface area contributed by atoms with Crippen LogP contribution >= 0.6 is 11.6 Å². The summed E-state index contributed by atoms with van der Waals surface area (Å²) in [5.41, 5.74) is -0.953. The highest BCUT2D eigenvalue weighted by molar-refractivity contribution is 7.87. The number of hydrogen-bond acceptors (Lipinski definition) is 4. The minimum Gasteiger partial charge on any atom is -0.377 e. The van der Waals surface area contributed by atoms with E-state index in [9.17, 15) is 21.6 Å². The predicted octanol–water partition coefficient (Wildman–Crippen LogP) is 3.52. The highest BCUT2D eigenvalue weighted by atomic mass is 35.5. The van der Waals surface area contributed by atoms with Crippen molar-refractivity contribution in [3.05, 3.63) is 53.3 Å². The van der Waals surface area contributed by atoms with Crippen LogP contribution in [-0.4, -0.2) is 13.4 Å². The van der Waals surface area contributed by atoms with Gasteiger partial charge in [-0.2, -0.15) is 21.6 Å². The van der Waals surface area contributed by atoms with Gasteiger partial charge in [-0.15, -0.1) is 0 Å². The molecule has 0 radical (unpaired) electrons. The van der Waals surface area contributed by atoms with Crippen molar-refractivity contribution in [3.8, 4) is 5.75 Å². The Morgan fingerprint density at radius 1 is 1.10 bits per heavy atom. The lowest BCUT2D eigenvalue weighted by Crippen LogP contribution is -2.11.